The van der Waals surface area contributed by atoms with Crippen LogP contribution in [-0.2, 0) is 21.0 Å². The van der Waals surface area contributed by atoms with Crippen LogP contribution in [0, 0.1) is 17.8 Å². The Morgan fingerprint density at radius 3 is 2.37 bits per heavy atom. The molecule has 65 heavy (non-hydrogen) atoms. The molecule has 1 saturated carbocycles. The van der Waals surface area contributed by atoms with Gasteiger partial charge in [0.25, 0.3) is 0 Å². The first kappa shape index (κ1) is 47.2. The number of hydrogen-bond acceptors (Lipinski definition) is 12. The van der Waals surface area contributed by atoms with Crippen molar-refractivity contribution in [1.82, 2.24) is 0 Å². The van der Waals surface area contributed by atoms with Crippen LogP contribution in [0.15, 0.2) is 125 Å². The molecule has 7 rings (SSSR count). The topological polar surface area (TPSA) is 166 Å². The fraction of sp³-hybridized carbons (Fsp3) is 0.392. The van der Waals surface area contributed by atoms with E-state index < -0.39 is 17.8 Å². The number of aliphatic hydroxyl groups excluding tert-OH is 2. The molecule has 2 amide bonds. The van der Waals surface area contributed by atoms with E-state index in [2.05, 4.69) is 23.3 Å². The number of nitrogens with one attached hydrogen (secondary N) is 2. The van der Waals surface area contributed by atoms with Crippen LogP contribution in [-0.4, -0.2) is 73.0 Å². The normalized spacial score (nSPS) is 22.3. The van der Waals surface area contributed by atoms with Gasteiger partial charge >= 0.3 is 6.09 Å². The number of methoxy groups -OCH3 is 2. The lowest BCUT2D eigenvalue weighted by Crippen LogP contribution is -2.64. The number of rotatable bonds is 21. The van der Waals surface area contributed by atoms with Gasteiger partial charge in [0.1, 0.15) is 29.6 Å². The zero-order valence-corrected chi connectivity index (χ0v) is 38.0. The van der Waals surface area contributed by atoms with E-state index >= 15 is 0 Å². The number of unbranched alkanes of at least 4 members (excludes halogenated alkanes) is 2. The first-order valence-electron chi connectivity index (χ1n) is 22.2. The Morgan fingerprint density at radius 1 is 0.908 bits per heavy atom. The SMILES string of the molecule is C=CCO[C@@]12Oc3ccc(OC(=O)Nc4ccc(OC)cc4OC)cc3[C@H]3[C@H](CCCCO)[C@@H](CCCCO)C=C(C(=NOCc4ccccc4)C[C@@H]1Sc1ccc(NC(C)=O)cc1)[C@H]32. The standard InChI is InChI=1S/C51H59N3O10S/c1-5-27-61-51-47(65-39-21-17-36(18-22-39)52-33(2)57)31-44(54-62-32-34-13-7-6-8-14-34)41-28-35(15-9-11-25-55)40(16-10-12-26-56)48(49(41)51)42-29-38(20-24-45(42)64-51)63-50(58)53-43-23-19-37(59-3)30-46(43)60-4/h5-8,13-14,17-24,28-30,35,40,47-49,55-56H,1,9-12,15-16,25-27,31-32H2,2-4H3,(H,52,57)(H,53,58)/t35-,40+,47-,48+,49+,51+/m0/s1. The maximum Gasteiger partial charge on any atom is 0.417 e. The summed E-state index contributed by atoms with van der Waals surface area (Å²) in [7, 11) is 3.07. The highest BCUT2D eigenvalue weighted by Crippen LogP contribution is 2.63. The second-order valence-corrected chi connectivity index (χ2v) is 17.7. The molecule has 0 unspecified atom stereocenters. The second kappa shape index (κ2) is 22.4. The highest BCUT2D eigenvalue weighted by molar-refractivity contribution is 8.00. The Kier molecular flexibility index (Phi) is 16.3. The highest BCUT2D eigenvalue weighted by Gasteiger charge is 2.64. The number of oxime groups is 1. The molecular formula is C51H59N3O10S. The quantitative estimate of drug-likeness (QED) is 0.0357. The van der Waals surface area contributed by atoms with Crippen molar-refractivity contribution < 1.29 is 48.3 Å². The van der Waals surface area contributed by atoms with Gasteiger partial charge in [0.15, 0.2) is 0 Å². The molecule has 344 valence electrons. The zero-order valence-electron chi connectivity index (χ0n) is 37.2. The predicted molar refractivity (Wildman–Crippen MR) is 252 cm³/mol. The van der Waals surface area contributed by atoms with Crippen molar-refractivity contribution in [2.24, 2.45) is 22.9 Å². The molecule has 0 aromatic heterocycles. The highest BCUT2D eigenvalue weighted by atomic mass is 32.2. The first-order valence-corrected chi connectivity index (χ1v) is 23.1. The minimum absolute atomic E-state index is 0.0307. The van der Waals surface area contributed by atoms with Gasteiger partial charge in [-0.1, -0.05) is 60.5 Å². The maximum absolute atomic E-state index is 13.6. The van der Waals surface area contributed by atoms with Crippen LogP contribution in [0.3, 0.4) is 0 Å². The predicted octanol–water partition coefficient (Wildman–Crippen LogP) is 9.90. The lowest BCUT2D eigenvalue weighted by atomic mass is 9.56. The van der Waals surface area contributed by atoms with Crippen LogP contribution in [0.1, 0.15) is 68.9 Å². The average molecular weight is 906 g/mol. The summed E-state index contributed by atoms with van der Waals surface area (Å²) < 4.78 is 31.2. The van der Waals surface area contributed by atoms with Crippen molar-refractivity contribution in [1.29, 1.82) is 0 Å². The molecule has 2 aliphatic carbocycles. The molecule has 1 heterocycles. The molecule has 14 heteroatoms. The van der Waals surface area contributed by atoms with Gasteiger partial charge in [0.2, 0.25) is 11.7 Å². The van der Waals surface area contributed by atoms with Crippen LogP contribution in [0.25, 0.3) is 0 Å². The van der Waals surface area contributed by atoms with Gasteiger partial charge in [-0.2, -0.15) is 0 Å². The van der Waals surface area contributed by atoms with Gasteiger partial charge in [0, 0.05) is 54.7 Å². The zero-order chi connectivity index (χ0) is 45.8. The van der Waals surface area contributed by atoms with Gasteiger partial charge in [-0.15, -0.1) is 18.3 Å². The molecule has 1 aliphatic heterocycles. The number of thioether (sulfide) groups is 1. The number of aliphatic hydroxyl groups is 2. The summed E-state index contributed by atoms with van der Waals surface area (Å²) in [4.78, 5) is 32.6. The van der Waals surface area contributed by atoms with Gasteiger partial charge in [0.05, 0.1) is 43.4 Å². The average Bonchev–Trinajstić information content (AvgIpc) is 3.31. The Labute approximate surface area is 385 Å². The van der Waals surface area contributed by atoms with Gasteiger partial charge in [-0.3, -0.25) is 10.1 Å². The second-order valence-electron chi connectivity index (χ2n) is 16.4. The third-order valence-electron chi connectivity index (χ3n) is 12.2. The summed E-state index contributed by atoms with van der Waals surface area (Å²) in [5, 5.41) is 30.1. The maximum atomic E-state index is 13.6. The van der Waals surface area contributed by atoms with Crippen molar-refractivity contribution >= 4 is 40.8 Å². The monoisotopic (exact) mass is 905 g/mol. The molecule has 4 aromatic carbocycles. The number of benzene rings is 4. The van der Waals surface area contributed by atoms with E-state index in [1.165, 1.54) is 14.0 Å². The first-order chi connectivity index (χ1) is 31.7. The van der Waals surface area contributed by atoms with Gasteiger partial charge in [-0.25, -0.2) is 4.79 Å². The number of carbonyl (C=O) groups is 2. The van der Waals surface area contributed by atoms with E-state index in [1.807, 2.05) is 66.7 Å². The summed E-state index contributed by atoms with van der Waals surface area (Å²) in [5.41, 5.74) is 4.71. The van der Waals surface area contributed by atoms with Crippen molar-refractivity contribution in [2.45, 2.75) is 80.3 Å². The molecule has 4 aromatic rings. The van der Waals surface area contributed by atoms with Gasteiger partial charge < -0.3 is 44.1 Å². The molecule has 1 fully saturated rings. The van der Waals surface area contributed by atoms with Crippen molar-refractivity contribution in [3.8, 4) is 23.0 Å². The van der Waals surface area contributed by atoms with Crippen LogP contribution in [0.2, 0.25) is 0 Å². The Balaban J connectivity index is 1.35. The molecule has 6 atom stereocenters. The largest absolute Gasteiger partial charge is 0.497 e. The lowest BCUT2D eigenvalue weighted by molar-refractivity contribution is -0.223. The number of nitrogens with zero attached hydrogens (tertiary/aromatic N) is 1. The summed E-state index contributed by atoms with van der Waals surface area (Å²) in [6.45, 7) is 6.16. The minimum atomic E-state index is -1.24. The van der Waals surface area contributed by atoms with Crippen molar-refractivity contribution in [2.75, 3.05) is 44.7 Å². The van der Waals surface area contributed by atoms with Crippen LogP contribution >= 0.6 is 11.8 Å². The molecule has 4 N–H and O–H groups in total. The Morgan fingerprint density at radius 2 is 1.66 bits per heavy atom. The smallest absolute Gasteiger partial charge is 0.417 e. The molecule has 0 radical (unpaired) electrons. The minimum Gasteiger partial charge on any atom is -0.497 e. The van der Waals surface area contributed by atoms with E-state index in [0.29, 0.717) is 53.6 Å². The molecule has 0 bridgehead atoms. The van der Waals surface area contributed by atoms with E-state index in [0.717, 1.165) is 53.0 Å². The number of anilines is 2. The molecule has 3 aliphatic rings. The van der Waals surface area contributed by atoms with Crippen LogP contribution < -0.4 is 29.6 Å². The number of hydrogen-bond donors (Lipinski definition) is 4. The fourth-order valence-electron chi connectivity index (χ4n) is 9.38. The molecule has 0 saturated heterocycles. The Bertz CT molecular complexity index is 2320. The number of allylic oxidation sites excluding steroid dienone is 1. The fourth-order valence-corrected chi connectivity index (χ4v) is 10.7. The molecule has 0 spiro atoms. The van der Waals surface area contributed by atoms with Crippen LogP contribution in [0.5, 0.6) is 23.0 Å². The van der Waals surface area contributed by atoms with E-state index in [1.54, 1.807) is 49.2 Å². The molecule has 13 nitrogen and oxygen atoms in total. The number of fused-ring (bicyclic) bond motifs is 2. The van der Waals surface area contributed by atoms with Gasteiger partial charge in [-0.05, 0) is 103 Å². The van der Waals surface area contributed by atoms with Crippen molar-refractivity contribution in [3.05, 3.63) is 126 Å². The summed E-state index contributed by atoms with van der Waals surface area (Å²) in [6, 6.07) is 28.2. The number of ether oxygens (including phenoxy) is 5. The van der Waals surface area contributed by atoms with E-state index in [-0.39, 0.29) is 55.3 Å². The summed E-state index contributed by atoms with van der Waals surface area (Å²) in [6.07, 6.45) is 8.29. The summed E-state index contributed by atoms with van der Waals surface area (Å²) >= 11 is 1.61. The molecular weight excluding hydrogens is 847 g/mol. The lowest BCUT2D eigenvalue weighted by Gasteiger charge is -2.58. The summed E-state index contributed by atoms with van der Waals surface area (Å²) in [5.74, 6) is -0.0526. The van der Waals surface area contributed by atoms with E-state index in [4.69, 9.17) is 33.7 Å². The number of amides is 2. The van der Waals surface area contributed by atoms with E-state index in [9.17, 15) is 19.8 Å². The number of carbonyl (C=O) groups excluding carboxylic acids is 2. The third kappa shape index (κ3) is 11.2. The Hall–Kier alpha value is -5.80. The third-order valence-corrected chi connectivity index (χ3v) is 13.5. The van der Waals surface area contributed by atoms with Crippen molar-refractivity contribution in [3.63, 3.8) is 0 Å². The van der Waals surface area contributed by atoms with Crippen LogP contribution in [0.4, 0.5) is 16.2 Å².